The van der Waals surface area contributed by atoms with E-state index in [1.54, 1.807) is 14.2 Å². The maximum Gasteiger partial charge on any atom is 0.135 e. The fourth-order valence-corrected chi connectivity index (χ4v) is 5.69. The highest BCUT2D eigenvalue weighted by molar-refractivity contribution is 5.59. The predicted molar refractivity (Wildman–Crippen MR) is 157 cm³/mol. The van der Waals surface area contributed by atoms with Crippen molar-refractivity contribution in [1.82, 2.24) is 14.7 Å². The lowest BCUT2D eigenvalue weighted by Crippen LogP contribution is -2.50. The lowest BCUT2D eigenvalue weighted by atomic mass is 10.1. The molecule has 2 heterocycles. The van der Waals surface area contributed by atoms with Crippen LogP contribution in [0.1, 0.15) is 17.5 Å². The Hall–Kier alpha value is -2.71. The normalized spacial score (nSPS) is 19.1. The summed E-state index contributed by atoms with van der Waals surface area (Å²) < 4.78 is 17.3. The van der Waals surface area contributed by atoms with Crippen LogP contribution in [0.2, 0.25) is 0 Å². The number of hydrogen-bond acceptors (Lipinski definition) is 9. The van der Waals surface area contributed by atoms with E-state index >= 15 is 0 Å². The summed E-state index contributed by atoms with van der Waals surface area (Å²) in [6.45, 7) is 10.6. The Balaban J connectivity index is 1.31. The minimum absolute atomic E-state index is 0.0778. The quantitative estimate of drug-likeness (QED) is 0.403. The molecule has 9 nitrogen and oxygen atoms in total. The third-order valence-corrected chi connectivity index (χ3v) is 7.72. The molecule has 218 valence electrons. The summed E-state index contributed by atoms with van der Waals surface area (Å²) in [4.78, 5) is 9.55. The molecule has 2 unspecified atom stereocenters. The Morgan fingerprint density at radius 1 is 0.800 bits per heavy atom. The van der Waals surface area contributed by atoms with Crippen molar-refractivity contribution in [2.45, 2.75) is 25.2 Å². The van der Waals surface area contributed by atoms with Gasteiger partial charge in [0.1, 0.15) is 17.9 Å². The van der Waals surface area contributed by atoms with E-state index in [4.69, 9.17) is 14.2 Å². The largest absolute Gasteiger partial charge is 0.486 e. The van der Waals surface area contributed by atoms with Crippen molar-refractivity contribution in [2.24, 2.45) is 0 Å². The molecule has 2 aliphatic heterocycles. The second-order valence-corrected chi connectivity index (χ2v) is 10.8. The lowest BCUT2D eigenvalue weighted by molar-refractivity contribution is 0.0385. The first-order valence-electron chi connectivity index (χ1n) is 14.4. The van der Waals surface area contributed by atoms with Crippen LogP contribution < -0.4 is 9.64 Å². The van der Waals surface area contributed by atoms with Gasteiger partial charge in [-0.1, -0.05) is 30.3 Å². The average Bonchev–Trinajstić information content (AvgIpc) is 3.19. The minimum Gasteiger partial charge on any atom is -0.486 e. The van der Waals surface area contributed by atoms with Gasteiger partial charge < -0.3 is 24.2 Å². The summed E-state index contributed by atoms with van der Waals surface area (Å²) in [7, 11) is 3.35. The van der Waals surface area contributed by atoms with Gasteiger partial charge >= 0.3 is 0 Å². The van der Waals surface area contributed by atoms with Crippen LogP contribution in [0.15, 0.2) is 48.5 Å². The summed E-state index contributed by atoms with van der Waals surface area (Å²) in [6, 6.07) is 18.5. The smallest absolute Gasteiger partial charge is 0.135 e. The van der Waals surface area contributed by atoms with Crippen molar-refractivity contribution in [3.05, 3.63) is 59.7 Å². The molecule has 2 aliphatic rings. The van der Waals surface area contributed by atoms with Crippen LogP contribution >= 0.6 is 0 Å². The number of nitriles is 1. The van der Waals surface area contributed by atoms with E-state index < -0.39 is 6.10 Å². The highest BCUT2D eigenvalue weighted by Crippen LogP contribution is 2.24. The number of β-amino-alcohol motifs (C(OH)–C–C–N with tert-alkyl or cyclic N) is 1. The third kappa shape index (κ3) is 8.90. The van der Waals surface area contributed by atoms with E-state index in [0.29, 0.717) is 19.8 Å². The van der Waals surface area contributed by atoms with Gasteiger partial charge in [0.05, 0.1) is 30.6 Å². The van der Waals surface area contributed by atoms with Crippen molar-refractivity contribution in [2.75, 3.05) is 97.8 Å². The van der Waals surface area contributed by atoms with E-state index in [-0.39, 0.29) is 6.10 Å². The van der Waals surface area contributed by atoms with Gasteiger partial charge in [0.15, 0.2) is 0 Å². The lowest BCUT2D eigenvalue weighted by Gasteiger charge is -2.38. The predicted octanol–water partition coefficient (Wildman–Crippen LogP) is 2.29. The second-order valence-electron chi connectivity index (χ2n) is 10.8. The molecule has 2 fully saturated rings. The minimum atomic E-state index is -0.445. The molecular weight excluding hydrogens is 506 g/mol. The van der Waals surface area contributed by atoms with Gasteiger partial charge in [-0.3, -0.25) is 14.7 Å². The van der Waals surface area contributed by atoms with Gasteiger partial charge in [0, 0.05) is 78.7 Å². The number of para-hydroxylation sites is 2. The van der Waals surface area contributed by atoms with Crippen molar-refractivity contribution < 1.29 is 19.3 Å². The zero-order chi connectivity index (χ0) is 28.2. The van der Waals surface area contributed by atoms with Gasteiger partial charge in [-0.15, -0.1) is 0 Å². The molecule has 2 aromatic rings. The summed E-state index contributed by atoms with van der Waals surface area (Å²) in [5, 5.41) is 19.6. The molecule has 9 heteroatoms. The van der Waals surface area contributed by atoms with Crippen molar-refractivity contribution in [1.29, 1.82) is 5.26 Å². The highest BCUT2D eigenvalue weighted by atomic mass is 16.5. The van der Waals surface area contributed by atoms with Crippen LogP contribution in [0.3, 0.4) is 0 Å². The molecule has 2 atom stereocenters. The van der Waals surface area contributed by atoms with Gasteiger partial charge in [-0.25, -0.2) is 0 Å². The van der Waals surface area contributed by atoms with Gasteiger partial charge in [-0.2, -0.15) is 5.26 Å². The number of aliphatic hydroxyl groups excluding tert-OH is 1. The molecule has 2 saturated heterocycles. The summed E-state index contributed by atoms with van der Waals surface area (Å²) in [5.74, 6) is 0.919. The van der Waals surface area contributed by atoms with Crippen molar-refractivity contribution in [3.63, 3.8) is 0 Å². The molecule has 0 spiro atoms. The first kappa shape index (κ1) is 30.3. The number of methoxy groups -OCH3 is 2. The second kappa shape index (κ2) is 15.9. The van der Waals surface area contributed by atoms with E-state index in [9.17, 15) is 10.4 Å². The standard InChI is InChI=1S/C31H45N5O4/c1-38-24-28(37)22-34-13-7-12-33(14-15-34)21-27-9-4-6-11-31(27)40-29(25-39-2)23-35-16-18-36(19-17-35)30-10-5-3-8-26(30)20-32/h3-6,8-11,28-29,37H,7,12-19,21-25H2,1-2H3. The topological polar surface area (TPSA) is 84.7 Å². The van der Waals surface area contributed by atoms with Crippen molar-refractivity contribution in [3.8, 4) is 11.8 Å². The maximum absolute atomic E-state index is 10.1. The van der Waals surface area contributed by atoms with E-state index in [1.807, 2.05) is 30.3 Å². The van der Waals surface area contributed by atoms with Crippen LogP contribution in [-0.4, -0.2) is 125 Å². The van der Waals surface area contributed by atoms with E-state index in [0.717, 1.165) is 88.9 Å². The number of aliphatic hydroxyl groups is 1. The molecule has 0 radical (unpaired) electrons. The van der Waals surface area contributed by atoms with Crippen LogP contribution in [-0.2, 0) is 16.0 Å². The number of ether oxygens (including phenoxy) is 3. The zero-order valence-corrected chi connectivity index (χ0v) is 24.1. The van der Waals surface area contributed by atoms with Crippen LogP contribution in [0.25, 0.3) is 0 Å². The van der Waals surface area contributed by atoms with E-state index in [2.05, 4.69) is 43.9 Å². The van der Waals surface area contributed by atoms with Gasteiger partial charge in [-0.05, 0) is 37.7 Å². The van der Waals surface area contributed by atoms with Crippen LogP contribution in [0.4, 0.5) is 5.69 Å². The number of anilines is 1. The zero-order valence-electron chi connectivity index (χ0n) is 24.1. The van der Waals surface area contributed by atoms with Gasteiger partial charge in [0.2, 0.25) is 0 Å². The summed E-state index contributed by atoms with van der Waals surface area (Å²) in [6.07, 6.45) is 0.547. The Bertz CT molecular complexity index is 1070. The Morgan fingerprint density at radius 2 is 1.45 bits per heavy atom. The molecule has 1 N–H and O–H groups in total. The SMILES string of the molecule is COCC(O)CN1CCCN(Cc2ccccc2OC(COC)CN2CCN(c3ccccc3C#N)CC2)CC1. The summed E-state index contributed by atoms with van der Waals surface area (Å²) in [5.41, 5.74) is 2.94. The number of nitrogens with zero attached hydrogens (tertiary/aromatic N) is 5. The monoisotopic (exact) mass is 551 g/mol. The van der Waals surface area contributed by atoms with E-state index in [1.165, 1.54) is 5.56 Å². The molecule has 0 bridgehead atoms. The number of piperazine rings is 1. The fourth-order valence-electron chi connectivity index (χ4n) is 5.69. The molecular formula is C31H45N5O4. The van der Waals surface area contributed by atoms with Crippen LogP contribution in [0.5, 0.6) is 5.75 Å². The van der Waals surface area contributed by atoms with Crippen LogP contribution in [0, 0.1) is 11.3 Å². The molecule has 0 aromatic heterocycles. The summed E-state index contributed by atoms with van der Waals surface area (Å²) >= 11 is 0. The average molecular weight is 552 g/mol. The van der Waals surface area contributed by atoms with Gasteiger partial charge in [0.25, 0.3) is 0 Å². The number of rotatable bonds is 13. The molecule has 0 amide bonds. The Kier molecular flexibility index (Phi) is 12.0. The Labute approximate surface area is 239 Å². The molecule has 0 saturated carbocycles. The number of benzene rings is 2. The maximum atomic E-state index is 10.1. The molecule has 2 aromatic carbocycles. The first-order chi connectivity index (χ1) is 19.6. The molecule has 4 rings (SSSR count). The Morgan fingerprint density at radius 3 is 2.23 bits per heavy atom. The fraction of sp³-hybridized carbons (Fsp3) is 0.581. The highest BCUT2D eigenvalue weighted by Gasteiger charge is 2.24. The first-order valence-corrected chi connectivity index (χ1v) is 14.4. The van der Waals surface area contributed by atoms with Crippen molar-refractivity contribution >= 4 is 5.69 Å². The molecule has 0 aliphatic carbocycles. The number of hydrogen-bond donors (Lipinski definition) is 1. The third-order valence-electron chi connectivity index (χ3n) is 7.72. The molecule has 40 heavy (non-hydrogen) atoms.